The van der Waals surface area contributed by atoms with Gasteiger partial charge in [-0.3, -0.25) is 9.36 Å². The van der Waals surface area contributed by atoms with Gasteiger partial charge in [0.25, 0.3) is 7.82 Å². The van der Waals surface area contributed by atoms with Crippen molar-refractivity contribution in [1.82, 2.24) is 0 Å². The zero-order valence-corrected chi connectivity index (χ0v) is 43.2. The van der Waals surface area contributed by atoms with Gasteiger partial charge in [0.1, 0.15) is 19.3 Å². The van der Waals surface area contributed by atoms with Crippen LogP contribution in [0.5, 0.6) is 0 Å². The van der Waals surface area contributed by atoms with Crippen LogP contribution in [0.3, 0.4) is 0 Å². The highest BCUT2D eigenvalue weighted by Crippen LogP contribution is 2.38. The SMILES string of the molecule is CCCCCCC/C=C\C/C=C\CCCCCCCCCCCCCC(=O)OC(COCCCCCCCCCC/C=C\CCCCCCCC)COP(=O)([O-])OCC[N+](C)(C)C. The van der Waals surface area contributed by atoms with Crippen LogP contribution < -0.4 is 4.89 Å². The van der Waals surface area contributed by atoms with Crippen LogP contribution in [0.25, 0.3) is 0 Å². The summed E-state index contributed by atoms with van der Waals surface area (Å²) in [7, 11) is 1.36. The molecule has 8 nitrogen and oxygen atoms in total. The van der Waals surface area contributed by atoms with Crippen LogP contribution in [0.1, 0.15) is 245 Å². The highest BCUT2D eigenvalue weighted by atomic mass is 31.2. The Bertz CT molecular complexity index is 1100. The first-order valence-electron chi connectivity index (χ1n) is 26.7. The average Bonchev–Trinajstić information content (AvgIpc) is 3.24. The third kappa shape index (κ3) is 51.6. The van der Waals surface area contributed by atoms with E-state index in [0.717, 1.165) is 38.5 Å². The van der Waals surface area contributed by atoms with E-state index in [0.29, 0.717) is 24.1 Å². The van der Waals surface area contributed by atoms with Crippen LogP contribution in [-0.4, -0.2) is 70.7 Å². The van der Waals surface area contributed by atoms with Gasteiger partial charge in [0, 0.05) is 13.0 Å². The van der Waals surface area contributed by atoms with Gasteiger partial charge in [-0.25, -0.2) is 0 Å². The van der Waals surface area contributed by atoms with Crippen LogP contribution >= 0.6 is 7.82 Å². The van der Waals surface area contributed by atoms with E-state index in [1.165, 1.54) is 186 Å². The Labute approximate surface area is 391 Å². The number of quaternary nitrogens is 1. The van der Waals surface area contributed by atoms with Gasteiger partial charge in [-0.05, 0) is 70.6 Å². The highest BCUT2D eigenvalue weighted by Gasteiger charge is 2.20. The number of esters is 1. The van der Waals surface area contributed by atoms with E-state index in [4.69, 9.17) is 18.5 Å². The van der Waals surface area contributed by atoms with Crippen molar-refractivity contribution in [3.05, 3.63) is 36.5 Å². The van der Waals surface area contributed by atoms with Crippen LogP contribution in [0.4, 0.5) is 0 Å². The van der Waals surface area contributed by atoms with Gasteiger partial charge >= 0.3 is 5.97 Å². The Morgan fingerprint density at radius 2 is 0.873 bits per heavy atom. The smallest absolute Gasteiger partial charge is 0.306 e. The number of ether oxygens (including phenoxy) is 2. The first-order valence-corrected chi connectivity index (χ1v) is 28.2. The van der Waals surface area contributed by atoms with Gasteiger partial charge in [0.05, 0.1) is 34.4 Å². The second-order valence-electron chi connectivity index (χ2n) is 19.2. The first kappa shape index (κ1) is 61.7. The third-order valence-electron chi connectivity index (χ3n) is 11.7. The molecule has 0 spiro atoms. The molecule has 63 heavy (non-hydrogen) atoms. The molecule has 0 radical (unpaired) electrons. The Morgan fingerprint density at radius 1 is 0.492 bits per heavy atom. The van der Waals surface area contributed by atoms with Crippen LogP contribution in [0.15, 0.2) is 36.5 Å². The highest BCUT2D eigenvalue weighted by molar-refractivity contribution is 7.45. The molecule has 0 aliphatic heterocycles. The molecule has 0 saturated heterocycles. The summed E-state index contributed by atoms with van der Waals surface area (Å²) < 4.78 is 34.8. The molecule has 0 fully saturated rings. The number of hydrogen-bond donors (Lipinski definition) is 0. The summed E-state index contributed by atoms with van der Waals surface area (Å²) >= 11 is 0. The first-order chi connectivity index (χ1) is 30.6. The van der Waals surface area contributed by atoms with Gasteiger partial charge in [-0.1, -0.05) is 204 Å². The maximum Gasteiger partial charge on any atom is 0.306 e. The lowest BCUT2D eigenvalue weighted by atomic mass is 10.0. The van der Waals surface area contributed by atoms with Crippen molar-refractivity contribution in [1.29, 1.82) is 0 Å². The number of allylic oxidation sites excluding steroid dienone is 6. The molecule has 0 aromatic rings. The number of likely N-dealkylation sites (N-methyl/N-ethyl adjacent to an activating group) is 1. The Kier molecular flexibility index (Phi) is 46.3. The number of carbonyl (C=O) groups excluding carboxylic acids is 1. The fourth-order valence-electron chi connectivity index (χ4n) is 7.51. The molecule has 2 atom stereocenters. The topological polar surface area (TPSA) is 94.1 Å². The molecule has 0 rings (SSSR count). The number of phosphoric acid groups is 1. The third-order valence-corrected chi connectivity index (χ3v) is 12.6. The number of rotatable bonds is 50. The molecule has 0 aliphatic carbocycles. The second-order valence-corrected chi connectivity index (χ2v) is 20.6. The fraction of sp³-hybridized carbons (Fsp3) is 0.870. The van der Waals surface area contributed by atoms with E-state index in [2.05, 4.69) is 50.3 Å². The molecule has 0 saturated carbocycles. The zero-order chi connectivity index (χ0) is 46.2. The summed E-state index contributed by atoms with van der Waals surface area (Å²) in [6, 6.07) is 0. The molecule has 9 heteroatoms. The molecule has 372 valence electrons. The summed E-state index contributed by atoms with van der Waals surface area (Å²) in [6.07, 6.45) is 57.4. The van der Waals surface area contributed by atoms with Gasteiger partial charge in [-0.15, -0.1) is 0 Å². The molecule has 0 heterocycles. The second kappa shape index (κ2) is 47.2. The lowest BCUT2D eigenvalue weighted by Gasteiger charge is -2.28. The maximum atomic E-state index is 12.8. The summed E-state index contributed by atoms with van der Waals surface area (Å²) in [4.78, 5) is 25.2. The molecule has 0 aliphatic rings. The molecule has 0 amide bonds. The predicted octanol–water partition coefficient (Wildman–Crippen LogP) is 15.9. The Hall–Kier alpha value is -1.28. The molecule has 0 N–H and O–H groups in total. The molecule has 0 aromatic heterocycles. The number of phosphoric ester groups is 1. The van der Waals surface area contributed by atoms with Crippen molar-refractivity contribution in [2.75, 3.05) is 54.1 Å². The van der Waals surface area contributed by atoms with Crippen LogP contribution in [-0.2, 0) is 27.9 Å². The standard InChI is InChI=1S/C54H104NO7P/c1-6-8-10-12-14-16-18-20-22-24-26-27-28-29-30-31-33-35-37-39-41-43-45-47-54(56)62-53(52-61-63(57,58)60-50-48-55(3,4)5)51-59-49-46-44-42-40-38-36-34-32-25-23-21-19-17-15-13-11-9-7-2/h18,20-21,23-24,26,53H,6-17,19,22,25,27-52H2,1-5H3/b20-18-,23-21-,26-24-. The largest absolute Gasteiger partial charge is 0.756 e. The van der Waals surface area contributed by atoms with E-state index in [9.17, 15) is 14.3 Å². The molecular formula is C54H104NO7P. The lowest BCUT2D eigenvalue weighted by molar-refractivity contribution is -0.870. The minimum atomic E-state index is -4.53. The summed E-state index contributed by atoms with van der Waals surface area (Å²) in [5.74, 6) is -0.334. The van der Waals surface area contributed by atoms with Crippen molar-refractivity contribution >= 4 is 13.8 Å². The minimum absolute atomic E-state index is 0.0257. The van der Waals surface area contributed by atoms with E-state index in [1.807, 2.05) is 21.1 Å². The summed E-state index contributed by atoms with van der Waals surface area (Å²) in [5.41, 5.74) is 0. The van der Waals surface area contributed by atoms with Gasteiger partial charge in [-0.2, -0.15) is 0 Å². The average molecular weight is 910 g/mol. The van der Waals surface area contributed by atoms with E-state index >= 15 is 0 Å². The minimum Gasteiger partial charge on any atom is -0.756 e. The van der Waals surface area contributed by atoms with Crippen LogP contribution in [0.2, 0.25) is 0 Å². The molecule has 2 unspecified atom stereocenters. The van der Waals surface area contributed by atoms with Gasteiger partial charge < -0.3 is 27.9 Å². The van der Waals surface area contributed by atoms with Crippen molar-refractivity contribution in [3.63, 3.8) is 0 Å². The van der Waals surface area contributed by atoms with Crippen LogP contribution in [0, 0.1) is 0 Å². The predicted molar refractivity (Wildman–Crippen MR) is 268 cm³/mol. The number of hydrogen-bond acceptors (Lipinski definition) is 7. The van der Waals surface area contributed by atoms with Crippen molar-refractivity contribution in [2.24, 2.45) is 0 Å². The molecule has 0 aromatic carbocycles. The fourth-order valence-corrected chi connectivity index (χ4v) is 8.24. The Balaban J connectivity index is 4.11. The van der Waals surface area contributed by atoms with E-state index in [1.54, 1.807) is 0 Å². The number of carbonyl (C=O) groups is 1. The van der Waals surface area contributed by atoms with Gasteiger partial charge in [0.2, 0.25) is 0 Å². The molecular weight excluding hydrogens is 806 g/mol. The quantitative estimate of drug-likeness (QED) is 0.0197. The maximum absolute atomic E-state index is 12.8. The lowest BCUT2D eigenvalue weighted by Crippen LogP contribution is -2.37. The summed E-state index contributed by atoms with van der Waals surface area (Å²) in [6.45, 7) is 5.43. The summed E-state index contributed by atoms with van der Waals surface area (Å²) in [5, 5.41) is 0. The number of nitrogens with zero attached hydrogens (tertiary/aromatic N) is 1. The van der Waals surface area contributed by atoms with E-state index < -0.39 is 13.9 Å². The van der Waals surface area contributed by atoms with E-state index in [-0.39, 0.29) is 25.8 Å². The monoisotopic (exact) mass is 910 g/mol. The zero-order valence-electron chi connectivity index (χ0n) is 42.3. The number of unbranched alkanes of at least 4 members (excludes halogenated alkanes) is 30. The Morgan fingerprint density at radius 3 is 1.30 bits per heavy atom. The normalized spacial score (nSPS) is 13.8. The van der Waals surface area contributed by atoms with Crippen molar-refractivity contribution in [2.45, 2.75) is 251 Å². The van der Waals surface area contributed by atoms with Gasteiger partial charge in [0.15, 0.2) is 0 Å². The van der Waals surface area contributed by atoms with Crippen molar-refractivity contribution < 1.29 is 37.3 Å². The molecule has 0 bridgehead atoms. The van der Waals surface area contributed by atoms with Crippen molar-refractivity contribution in [3.8, 4) is 0 Å².